The van der Waals surface area contributed by atoms with Gasteiger partial charge < -0.3 is 52.5 Å². The average molecular weight is 853 g/mol. The van der Waals surface area contributed by atoms with Crippen LogP contribution in [0.3, 0.4) is 0 Å². The summed E-state index contributed by atoms with van der Waals surface area (Å²) in [5.74, 6) is 1.16. The highest BCUT2D eigenvalue weighted by Crippen LogP contribution is 2.48. The lowest BCUT2D eigenvalue weighted by Gasteiger charge is -2.55. The molecule has 10 rings (SSSR count). The summed E-state index contributed by atoms with van der Waals surface area (Å²) in [6.07, 6.45) is 20.1. The molecule has 61 heavy (non-hydrogen) atoms. The molecule has 11 unspecified atom stereocenters. The summed E-state index contributed by atoms with van der Waals surface area (Å²) < 4.78 is 61.6. The molecule has 0 radical (unpaired) electrons. The van der Waals surface area contributed by atoms with E-state index in [1.807, 2.05) is 6.92 Å². The molecule has 1 N–H and O–H groups in total. The number of aldehydes is 1. The minimum Gasteiger partial charge on any atom is -0.462 e. The number of carbonyl (C=O) groups excluding carboxylic acids is 2. The standard InChI is InChI=1S/C49H72O12/c1-26-16-38-29(19-30-21-46(52)58-39(30)17-26)20-41-40(56-38)18-28(3)47-37(55-41)10-6-5-9-33-34(59-47)11-7-13-36-35(54-33)12-8-14-45-49(4,61-36)24-44-42(57-45)23-43-48(60-44)32(51)22-31(53-43)15-27(2)25-50/h5-7,13,25-45,47-48,51H,8-12,14-24H2,1-4H3/t26-,27-,28?,29-,30+,31?,32-,33+,34?,35-,36?,37-,38?,39?,40?,41+,42-,43+,44?,45+,47?,48?,49?/m0/s1. The highest BCUT2D eigenvalue weighted by molar-refractivity contribution is 5.72. The molecule has 0 aromatic heterocycles. The molecular weight excluding hydrogens is 781 g/mol. The van der Waals surface area contributed by atoms with Crippen molar-refractivity contribution in [1.29, 1.82) is 0 Å². The molecular formula is C49H72O12. The fourth-order valence-corrected chi connectivity index (χ4v) is 13.5. The number of rotatable bonds is 3. The van der Waals surface area contributed by atoms with Crippen molar-refractivity contribution in [3.05, 3.63) is 24.3 Å². The Balaban J connectivity index is 0.809. The van der Waals surface area contributed by atoms with Crippen molar-refractivity contribution < 1.29 is 57.3 Å². The number of hydrogen-bond acceptors (Lipinski definition) is 12. The van der Waals surface area contributed by atoms with Gasteiger partial charge in [-0.25, -0.2) is 0 Å². The van der Waals surface area contributed by atoms with Crippen molar-refractivity contribution in [3.8, 4) is 0 Å². The van der Waals surface area contributed by atoms with E-state index in [0.29, 0.717) is 50.4 Å². The van der Waals surface area contributed by atoms with E-state index in [1.165, 1.54) is 0 Å². The van der Waals surface area contributed by atoms with Crippen LogP contribution in [0.5, 0.6) is 0 Å². The first-order chi connectivity index (χ1) is 29.5. The number of aliphatic hydroxyl groups excluding tert-OH is 1. The van der Waals surface area contributed by atoms with Crippen molar-refractivity contribution in [2.75, 3.05) is 0 Å². The molecule has 0 aromatic rings. The quantitative estimate of drug-likeness (QED) is 0.188. The van der Waals surface area contributed by atoms with E-state index in [1.54, 1.807) is 0 Å². The van der Waals surface area contributed by atoms with Gasteiger partial charge in [-0.05, 0) is 102 Å². The van der Waals surface area contributed by atoms with Crippen LogP contribution in [0, 0.1) is 29.6 Å². The fourth-order valence-electron chi connectivity index (χ4n) is 13.5. The van der Waals surface area contributed by atoms with Gasteiger partial charge in [0.2, 0.25) is 0 Å². The Morgan fingerprint density at radius 3 is 2.28 bits per heavy atom. The topological polar surface area (TPSA) is 137 Å². The Labute approximate surface area is 362 Å². The predicted octanol–water partition coefficient (Wildman–Crippen LogP) is 6.51. The van der Waals surface area contributed by atoms with E-state index in [4.69, 9.17) is 42.6 Å². The molecule has 8 fully saturated rings. The smallest absolute Gasteiger partial charge is 0.306 e. The summed E-state index contributed by atoms with van der Waals surface area (Å²) in [4.78, 5) is 23.7. The summed E-state index contributed by atoms with van der Waals surface area (Å²) in [5.41, 5.74) is -0.599. The van der Waals surface area contributed by atoms with Gasteiger partial charge in [-0.2, -0.15) is 0 Å². The normalized spacial score (nSPS) is 52.8. The number of aliphatic hydroxyl groups is 1. The van der Waals surface area contributed by atoms with Crippen LogP contribution in [-0.2, 0) is 52.2 Å². The van der Waals surface area contributed by atoms with Gasteiger partial charge in [-0.1, -0.05) is 45.1 Å². The van der Waals surface area contributed by atoms with E-state index < -0.39 is 17.8 Å². The third kappa shape index (κ3) is 8.99. The number of hydrogen-bond donors (Lipinski definition) is 1. The van der Waals surface area contributed by atoms with Crippen molar-refractivity contribution in [2.24, 2.45) is 29.6 Å². The predicted molar refractivity (Wildman–Crippen MR) is 222 cm³/mol. The molecule has 7 saturated heterocycles. The second-order valence-corrected chi connectivity index (χ2v) is 21.4. The van der Waals surface area contributed by atoms with E-state index in [0.717, 1.165) is 70.5 Å². The number of esters is 1. The first-order valence-electron chi connectivity index (χ1n) is 24.4. The second kappa shape index (κ2) is 17.9. The average Bonchev–Trinajstić information content (AvgIpc) is 3.51. The molecule has 12 heteroatoms. The Kier molecular flexibility index (Phi) is 12.7. The van der Waals surface area contributed by atoms with E-state index in [-0.39, 0.29) is 115 Å². The Hall–Kier alpha value is -1.74. The van der Waals surface area contributed by atoms with E-state index >= 15 is 0 Å². The van der Waals surface area contributed by atoms with Crippen LogP contribution in [0.4, 0.5) is 0 Å². The highest BCUT2D eigenvalue weighted by atomic mass is 16.6. The lowest BCUT2D eigenvalue weighted by molar-refractivity contribution is -0.316. The summed E-state index contributed by atoms with van der Waals surface area (Å²) in [6.45, 7) is 8.68. The van der Waals surface area contributed by atoms with E-state index in [2.05, 4.69) is 45.1 Å². The van der Waals surface area contributed by atoms with Gasteiger partial charge in [0, 0.05) is 31.1 Å². The third-order valence-corrected chi connectivity index (χ3v) is 16.6. The monoisotopic (exact) mass is 853 g/mol. The zero-order valence-corrected chi connectivity index (χ0v) is 36.8. The largest absolute Gasteiger partial charge is 0.462 e. The van der Waals surface area contributed by atoms with Crippen molar-refractivity contribution in [3.63, 3.8) is 0 Å². The first kappa shape index (κ1) is 43.2. The van der Waals surface area contributed by atoms with Crippen LogP contribution in [0.25, 0.3) is 0 Å². The molecule has 0 amide bonds. The molecule has 1 saturated carbocycles. The number of ether oxygens (including phenoxy) is 9. The molecule has 1 aliphatic carbocycles. The molecule has 12 nitrogen and oxygen atoms in total. The Morgan fingerprint density at radius 1 is 0.705 bits per heavy atom. The zero-order chi connectivity index (χ0) is 42.0. The molecule has 0 spiro atoms. The summed E-state index contributed by atoms with van der Waals surface area (Å²) >= 11 is 0. The summed E-state index contributed by atoms with van der Waals surface area (Å²) in [7, 11) is 0. The van der Waals surface area contributed by atoms with Gasteiger partial charge in [0.05, 0.1) is 97.5 Å². The molecule has 10 aliphatic rings. The van der Waals surface area contributed by atoms with Crippen molar-refractivity contribution in [2.45, 2.75) is 240 Å². The number of fused-ring (bicyclic) bond motifs is 9. The maximum Gasteiger partial charge on any atom is 0.306 e. The molecule has 9 heterocycles. The minimum absolute atomic E-state index is 0.000936. The van der Waals surface area contributed by atoms with Gasteiger partial charge in [0.1, 0.15) is 24.6 Å². The van der Waals surface area contributed by atoms with Crippen LogP contribution < -0.4 is 0 Å². The summed E-state index contributed by atoms with van der Waals surface area (Å²) in [5, 5.41) is 11.2. The van der Waals surface area contributed by atoms with Gasteiger partial charge in [-0.3, -0.25) is 4.79 Å². The maximum atomic E-state index is 12.3. The number of carbonyl (C=O) groups is 2. The lowest BCUT2D eigenvalue weighted by Crippen LogP contribution is -2.65. The highest BCUT2D eigenvalue weighted by Gasteiger charge is 2.56. The summed E-state index contributed by atoms with van der Waals surface area (Å²) in [6, 6.07) is 0. The fraction of sp³-hybridized carbons (Fsp3) is 0.878. The Morgan fingerprint density at radius 2 is 1.43 bits per heavy atom. The Bertz CT molecular complexity index is 1620. The minimum atomic E-state index is -0.650. The molecule has 23 atom stereocenters. The van der Waals surface area contributed by atoms with Gasteiger partial charge in [0.25, 0.3) is 0 Å². The van der Waals surface area contributed by atoms with Crippen LogP contribution in [0.15, 0.2) is 24.3 Å². The van der Waals surface area contributed by atoms with E-state index in [9.17, 15) is 14.7 Å². The lowest BCUT2D eigenvalue weighted by atomic mass is 9.73. The van der Waals surface area contributed by atoms with Crippen LogP contribution >= 0.6 is 0 Å². The van der Waals surface area contributed by atoms with Crippen LogP contribution in [0.1, 0.15) is 130 Å². The van der Waals surface area contributed by atoms with Gasteiger partial charge in [0.15, 0.2) is 0 Å². The maximum absolute atomic E-state index is 12.3. The van der Waals surface area contributed by atoms with Crippen LogP contribution in [-0.4, -0.2) is 127 Å². The third-order valence-electron chi connectivity index (χ3n) is 16.6. The molecule has 0 bridgehead atoms. The van der Waals surface area contributed by atoms with Gasteiger partial charge in [-0.15, -0.1) is 0 Å². The zero-order valence-electron chi connectivity index (χ0n) is 36.8. The van der Waals surface area contributed by atoms with Crippen molar-refractivity contribution in [1.82, 2.24) is 0 Å². The SMILES string of the molecule is CC1CC2OC3C[C@H](C)CC4OC(=O)C[C@H]4C[C@H]3C[C@H]2O[C@H]2CC=CC[C@H]3O[C@H]4CCC[C@H]5O[C@H]6C[C@H]7OC(C[C@H](C)C=O)C[C@H](O)C7OC6CC5(C)OC4C=CCC3OC12. The van der Waals surface area contributed by atoms with Crippen molar-refractivity contribution >= 4 is 12.3 Å². The molecule has 0 aromatic carbocycles. The second-order valence-electron chi connectivity index (χ2n) is 21.4. The first-order valence-corrected chi connectivity index (χ1v) is 24.4. The molecule has 9 aliphatic heterocycles. The molecule has 340 valence electrons. The van der Waals surface area contributed by atoms with Crippen LogP contribution in [0.2, 0.25) is 0 Å². The van der Waals surface area contributed by atoms with Gasteiger partial charge >= 0.3 is 5.97 Å².